The molecule has 606 valence electrons. The molecule has 15 rings (SSSR count). The third-order valence-corrected chi connectivity index (χ3v) is 23.4. The number of carbonyl (C=O) groups excluding carboxylic acids is 9. The number of rotatable bonds is 12. The number of carbonyl (C=O) groups is 9. The highest BCUT2D eigenvalue weighted by molar-refractivity contribution is 6.33. The minimum atomic E-state index is -2.00. The van der Waals surface area contributed by atoms with Crippen LogP contribution in [0.1, 0.15) is 227 Å². The van der Waals surface area contributed by atoms with E-state index in [1.807, 2.05) is 0 Å². The second-order valence-electron chi connectivity index (χ2n) is 30.4. The molecule has 33 nitrogen and oxygen atoms in total. The zero-order chi connectivity index (χ0) is 83.0. The standard InChI is InChI=1S/3C27H29NO10/c3*1-10-22(30)14(28)7-17(37-10)38-16-9-27(35,11(2)29)8-13-19(16)26(34)21-20(24(13)32)23(31)12-5-4-6-15(36-3)18(12)25(21)33/h3*4-6,10,14,16-17,22,30,32,34-35H,7-9,28H2,1-3H3/t3*10-,14-,16-,17-,22+,27-/m000/s1. The zero-order valence-electron chi connectivity index (χ0n) is 63.2. The van der Waals surface area contributed by atoms with Gasteiger partial charge in [0.05, 0.1) is 126 Å². The number of hydrogen-bond donors (Lipinski definition) is 15. The maximum Gasteiger partial charge on any atom is 0.202 e. The Morgan fingerprint density at radius 3 is 0.816 bits per heavy atom. The van der Waals surface area contributed by atoms with Crippen LogP contribution in [0.5, 0.6) is 51.7 Å². The van der Waals surface area contributed by atoms with Gasteiger partial charge in [0.1, 0.15) is 68.5 Å². The third kappa shape index (κ3) is 13.4. The number of aromatic hydroxyl groups is 6. The molecule has 0 radical (unpaired) electrons. The average molecular weight is 1580 g/mol. The highest BCUT2D eigenvalue weighted by Gasteiger charge is 2.54. The van der Waals surface area contributed by atoms with Crippen LogP contribution in [-0.4, -0.2) is 225 Å². The van der Waals surface area contributed by atoms with Gasteiger partial charge in [-0.1, -0.05) is 36.4 Å². The van der Waals surface area contributed by atoms with Crippen LogP contribution in [-0.2, 0) is 62.1 Å². The first-order valence-electron chi connectivity index (χ1n) is 36.7. The van der Waals surface area contributed by atoms with Gasteiger partial charge in [-0.3, -0.25) is 43.2 Å². The average Bonchev–Trinajstić information content (AvgIpc) is 0.720. The third-order valence-electron chi connectivity index (χ3n) is 23.4. The maximum atomic E-state index is 13.6. The molecule has 0 spiro atoms. The summed E-state index contributed by atoms with van der Waals surface area (Å²) in [4.78, 5) is 119. The smallest absolute Gasteiger partial charge is 0.202 e. The lowest BCUT2D eigenvalue weighted by atomic mass is 9.72. The summed E-state index contributed by atoms with van der Waals surface area (Å²) in [5.74, 6) is -9.53. The number of ether oxygens (including phenoxy) is 9. The van der Waals surface area contributed by atoms with Crippen LogP contribution < -0.4 is 31.4 Å². The van der Waals surface area contributed by atoms with Crippen LogP contribution in [0.4, 0.5) is 0 Å². The molecular weight excluding hydrogens is 1490 g/mol. The fourth-order valence-corrected chi connectivity index (χ4v) is 17.0. The monoisotopic (exact) mass is 1580 g/mol. The van der Waals surface area contributed by atoms with Crippen molar-refractivity contribution >= 4 is 52.0 Å². The van der Waals surface area contributed by atoms with Gasteiger partial charge in [-0.05, 0) is 59.7 Å². The van der Waals surface area contributed by atoms with E-state index in [9.17, 15) is 104 Å². The molecule has 0 amide bonds. The molecule has 0 aromatic heterocycles. The van der Waals surface area contributed by atoms with Gasteiger partial charge >= 0.3 is 0 Å². The summed E-state index contributed by atoms with van der Waals surface area (Å²) in [5.41, 5.74) is 8.92. The Labute approximate surface area is 649 Å². The van der Waals surface area contributed by atoms with Crippen molar-refractivity contribution in [2.75, 3.05) is 21.3 Å². The van der Waals surface area contributed by atoms with E-state index in [0.717, 1.165) is 0 Å². The molecule has 3 aliphatic heterocycles. The molecule has 114 heavy (non-hydrogen) atoms. The second-order valence-corrected chi connectivity index (χ2v) is 30.4. The lowest BCUT2D eigenvalue weighted by Crippen LogP contribution is -2.52. The van der Waals surface area contributed by atoms with E-state index in [2.05, 4.69) is 0 Å². The highest BCUT2D eigenvalue weighted by Crippen LogP contribution is 2.57. The summed E-state index contributed by atoms with van der Waals surface area (Å²) >= 11 is 0. The van der Waals surface area contributed by atoms with Crippen molar-refractivity contribution in [3.63, 3.8) is 0 Å². The first-order chi connectivity index (χ1) is 53.7. The molecule has 6 aromatic carbocycles. The van der Waals surface area contributed by atoms with Gasteiger partial charge in [0.15, 0.2) is 53.6 Å². The molecule has 3 saturated heterocycles. The van der Waals surface area contributed by atoms with Crippen molar-refractivity contribution in [3.05, 3.63) is 155 Å². The Balaban J connectivity index is 0.000000149. The van der Waals surface area contributed by atoms with E-state index < -0.39 is 248 Å². The number of hydrogen-bond acceptors (Lipinski definition) is 33. The zero-order valence-corrected chi connectivity index (χ0v) is 63.2. The van der Waals surface area contributed by atoms with Crippen molar-refractivity contribution in [2.24, 2.45) is 17.2 Å². The van der Waals surface area contributed by atoms with Gasteiger partial charge in [0.2, 0.25) is 17.3 Å². The molecule has 18 atom stereocenters. The van der Waals surface area contributed by atoms with Gasteiger partial charge in [-0.25, -0.2) is 0 Å². The van der Waals surface area contributed by atoms with Gasteiger partial charge in [0, 0.05) is 126 Å². The fourth-order valence-electron chi connectivity index (χ4n) is 17.0. The van der Waals surface area contributed by atoms with Crippen LogP contribution in [0.3, 0.4) is 0 Å². The molecule has 6 aromatic rings. The molecule has 33 heteroatoms. The number of Topliss-reactive ketones (excluding diaryl/α,β-unsaturated/α-hetero) is 3. The van der Waals surface area contributed by atoms with Crippen LogP contribution in [0, 0.1) is 0 Å². The summed E-state index contributed by atoms with van der Waals surface area (Å²) in [7, 11) is 4.02. The summed E-state index contributed by atoms with van der Waals surface area (Å²) in [6, 6.07) is 11.2. The molecule has 6 aliphatic carbocycles. The largest absolute Gasteiger partial charge is 0.507 e. The number of fused-ring (bicyclic) bond motifs is 9. The summed E-state index contributed by atoms with van der Waals surface area (Å²) < 4.78 is 51.2. The molecule has 0 saturated carbocycles. The number of nitrogens with two attached hydrogens (primary N) is 3. The molecule has 0 bridgehead atoms. The minimum Gasteiger partial charge on any atom is -0.507 e. The van der Waals surface area contributed by atoms with Crippen molar-refractivity contribution < 1.29 is 147 Å². The SMILES string of the molecule is COc1cccc2c1C(=O)c1c(O)c3c(c(O)c1C2=O)C[C@@](O)(C(C)=O)C[C@@H]3O[C@H]1C[C@H](N)[C@H](O)[C@H](C)O1.COc1cccc2c1C(=O)c1c(O)c3c(c(O)c1C2=O)C[C@@](O)(C(C)=O)C[C@@H]3O[C@H]1C[C@H](N)[C@H](O)[C@H](C)O1.COc1cccc2c1C(=O)c1c(O)c3c(c(O)c1C2=O)C[C@@](O)(C(C)=O)C[C@@H]3O[C@H]1C[C@H](N)[C@H](O)[C@H](C)O1. The second kappa shape index (κ2) is 30.3. The fraction of sp³-hybridized carbons (Fsp3) is 0.444. The lowest BCUT2D eigenvalue weighted by molar-refractivity contribution is -0.247. The topological polar surface area (TPSA) is 558 Å². The maximum absolute atomic E-state index is 13.6. The normalized spacial score (nSPS) is 30.3. The Morgan fingerprint density at radius 1 is 0.377 bits per heavy atom. The van der Waals surface area contributed by atoms with Crippen molar-refractivity contribution in [1.29, 1.82) is 0 Å². The van der Waals surface area contributed by atoms with Crippen molar-refractivity contribution in [2.45, 2.75) is 208 Å². The van der Waals surface area contributed by atoms with E-state index in [4.69, 9.17) is 59.8 Å². The first kappa shape index (κ1) is 81.9. The molecule has 3 heterocycles. The van der Waals surface area contributed by atoms with Crippen LogP contribution in [0.2, 0.25) is 0 Å². The van der Waals surface area contributed by atoms with Crippen LogP contribution in [0.15, 0.2) is 54.6 Å². The van der Waals surface area contributed by atoms with E-state index in [1.54, 1.807) is 20.8 Å². The van der Waals surface area contributed by atoms with E-state index in [0.29, 0.717) is 0 Å². The highest BCUT2D eigenvalue weighted by atomic mass is 16.7. The van der Waals surface area contributed by atoms with Crippen LogP contribution >= 0.6 is 0 Å². The Morgan fingerprint density at radius 2 is 0.605 bits per heavy atom. The van der Waals surface area contributed by atoms with Crippen molar-refractivity contribution in [1.82, 2.24) is 0 Å². The first-order valence-corrected chi connectivity index (χ1v) is 36.7. The number of ketones is 9. The van der Waals surface area contributed by atoms with E-state index >= 15 is 0 Å². The van der Waals surface area contributed by atoms with Crippen molar-refractivity contribution in [3.8, 4) is 51.7 Å². The van der Waals surface area contributed by atoms with E-state index in [-0.39, 0.29) is 123 Å². The predicted octanol–water partition coefficient (Wildman–Crippen LogP) is 3.09. The molecule has 0 unspecified atom stereocenters. The van der Waals surface area contributed by atoms with Gasteiger partial charge in [0.25, 0.3) is 0 Å². The number of aliphatic hydroxyl groups is 6. The predicted molar refractivity (Wildman–Crippen MR) is 391 cm³/mol. The minimum absolute atomic E-state index is 0.0147. The Kier molecular flexibility index (Phi) is 21.8. The number of aliphatic hydroxyl groups excluding tert-OH is 3. The lowest BCUT2D eigenvalue weighted by Gasteiger charge is -2.42. The van der Waals surface area contributed by atoms with Gasteiger partial charge in [-0.2, -0.15) is 0 Å². The van der Waals surface area contributed by atoms with Gasteiger partial charge in [-0.15, -0.1) is 0 Å². The number of phenolic OH excluding ortho intramolecular Hbond substituents is 6. The molecule has 3 fully saturated rings. The molecular formula is C81H87N3O30. The summed E-state index contributed by atoms with van der Waals surface area (Å²) in [6.45, 7) is 8.36. The van der Waals surface area contributed by atoms with E-state index in [1.165, 1.54) is 96.7 Å². The Hall–Kier alpha value is -10.0. The number of benzene rings is 6. The van der Waals surface area contributed by atoms with Crippen LogP contribution in [0.25, 0.3) is 0 Å². The summed E-state index contributed by atoms with van der Waals surface area (Å²) in [5, 5.41) is 132. The summed E-state index contributed by atoms with van der Waals surface area (Å²) in [6.07, 6.45) is -13.6. The van der Waals surface area contributed by atoms with Gasteiger partial charge < -0.3 is 121 Å². The number of phenols is 6. The Bertz CT molecular complexity index is 4570. The quantitative estimate of drug-likeness (QED) is 0.0781. The molecule has 9 aliphatic rings. The molecule has 18 N–H and O–H groups in total. The number of methoxy groups -OCH3 is 3.